The van der Waals surface area contributed by atoms with E-state index >= 15 is 0 Å². The van der Waals surface area contributed by atoms with Crippen molar-refractivity contribution in [3.05, 3.63) is 0 Å². The van der Waals surface area contributed by atoms with Crippen LogP contribution in [0.15, 0.2) is 0 Å². The summed E-state index contributed by atoms with van der Waals surface area (Å²) in [5.41, 5.74) is 0. The molecule has 8 nitrogen and oxygen atoms in total. The highest BCUT2D eigenvalue weighted by Crippen LogP contribution is 2.21. The van der Waals surface area contributed by atoms with E-state index in [1.807, 2.05) is 46.4 Å². The fraction of sp³-hybridized carbons (Fsp3) is 0.920. The van der Waals surface area contributed by atoms with Crippen LogP contribution in [0, 0.1) is 11.8 Å². The molecule has 0 aromatic rings. The van der Waals surface area contributed by atoms with Gasteiger partial charge in [0.1, 0.15) is 11.6 Å². The third kappa shape index (κ3) is 19.0. The van der Waals surface area contributed by atoms with Gasteiger partial charge in [0.15, 0.2) is 0 Å². The van der Waals surface area contributed by atoms with Gasteiger partial charge in [-0.1, -0.05) is 13.8 Å². The molecule has 2 unspecified atom stereocenters. The molecule has 0 fully saturated rings. The third-order valence-electron chi connectivity index (χ3n) is 5.69. The summed E-state index contributed by atoms with van der Waals surface area (Å²) in [7, 11) is 0.0160. The van der Waals surface area contributed by atoms with Crippen LogP contribution in [0.2, 0.25) is 12.1 Å². The minimum absolute atomic E-state index is 0.146. The zero-order valence-electron chi connectivity index (χ0n) is 25.0. The number of hydrogen-bond acceptors (Lipinski definition) is 10. The van der Waals surface area contributed by atoms with Crippen LogP contribution in [0.5, 0.6) is 0 Å². The van der Waals surface area contributed by atoms with Crippen LogP contribution in [0.3, 0.4) is 0 Å². The monoisotopic (exact) mass is 602 g/mol. The first-order chi connectivity index (χ1) is 17.5. The van der Waals surface area contributed by atoms with Gasteiger partial charge in [0.25, 0.3) is 0 Å². The summed E-state index contributed by atoms with van der Waals surface area (Å²) in [5.74, 6) is 4.61. The number of hydrogen-bond donors (Lipinski definition) is 0. The van der Waals surface area contributed by atoms with Gasteiger partial charge in [-0.2, -0.15) is 23.5 Å². The van der Waals surface area contributed by atoms with Gasteiger partial charge in [-0.3, -0.25) is 9.59 Å². The topological polar surface area (TPSA) is 89.5 Å². The van der Waals surface area contributed by atoms with E-state index in [1.54, 1.807) is 46.9 Å². The molecule has 37 heavy (non-hydrogen) atoms. The minimum atomic E-state index is -2.47. The lowest BCUT2D eigenvalue weighted by Gasteiger charge is -2.28. The second-order valence-corrected chi connectivity index (χ2v) is 16.8. The summed E-state index contributed by atoms with van der Waals surface area (Å²) in [6.45, 7) is 15.0. The summed E-state index contributed by atoms with van der Waals surface area (Å²) in [6.07, 6.45) is 1.98. The molecular weight excluding hydrogens is 549 g/mol. The van der Waals surface area contributed by atoms with Crippen molar-refractivity contribution < 1.29 is 36.1 Å². The largest absolute Gasteiger partial charge is 0.500 e. The fourth-order valence-electron chi connectivity index (χ4n) is 3.09. The number of carbonyl (C=O) groups excluding carboxylic acids is 2. The van der Waals surface area contributed by atoms with E-state index in [0.717, 1.165) is 47.9 Å². The first-order valence-electron chi connectivity index (χ1n) is 13.3. The fourth-order valence-corrected chi connectivity index (χ4v) is 10.1. The minimum Gasteiger partial charge on any atom is -0.377 e. The molecule has 0 aromatic carbocycles. The predicted molar refractivity (Wildman–Crippen MR) is 161 cm³/mol. The maximum atomic E-state index is 11.2. The number of thioether (sulfide) groups is 2. The number of rotatable bonds is 23. The van der Waals surface area contributed by atoms with Gasteiger partial charge in [0.2, 0.25) is 0 Å². The van der Waals surface area contributed by atoms with Crippen molar-refractivity contribution in [3.8, 4) is 0 Å². The summed E-state index contributed by atoms with van der Waals surface area (Å²) >= 11 is 3.62. The molecule has 0 rings (SSSR count). The molecule has 0 spiro atoms. The smallest absolute Gasteiger partial charge is 0.377 e. The van der Waals surface area contributed by atoms with Gasteiger partial charge in [-0.15, -0.1) is 0 Å². The van der Waals surface area contributed by atoms with Crippen molar-refractivity contribution in [1.82, 2.24) is 0 Å². The lowest BCUT2D eigenvalue weighted by molar-refractivity contribution is -0.120. The van der Waals surface area contributed by atoms with Gasteiger partial charge in [0.05, 0.1) is 0 Å². The molecule has 0 bridgehead atoms. The molecule has 2 atom stereocenters. The summed E-state index contributed by atoms with van der Waals surface area (Å²) < 4.78 is 33.4. The second-order valence-electron chi connectivity index (χ2n) is 8.66. The zero-order valence-corrected chi connectivity index (χ0v) is 28.6. The van der Waals surface area contributed by atoms with Crippen molar-refractivity contribution >= 4 is 52.7 Å². The van der Waals surface area contributed by atoms with Crippen LogP contribution < -0.4 is 0 Å². The Morgan fingerprint density at radius 3 is 1.24 bits per heavy atom. The zero-order chi connectivity index (χ0) is 28.7. The first kappa shape index (κ1) is 39.4. The summed E-state index contributed by atoms with van der Waals surface area (Å²) in [5, 5.41) is 0. The van der Waals surface area contributed by atoms with E-state index in [1.165, 1.54) is 0 Å². The molecule has 0 aromatic heterocycles. The first-order valence-corrected chi connectivity index (χ1v) is 19.4. The van der Waals surface area contributed by atoms with Crippen molar-refractivity contribution in [2.75, 3.05) is 64.2 Å². The van der Waals surface area contributed by atoms with Crippen molar-refractivity contribution in [2.24, 2.45) is 11.8 Å². The van der Waals surface area contributed by atoms with E-state index in [9.17, 15) is 9.59 Å². The maximum Gasteiger partial charge on any atom is 0.500 e. The normalized spacial score (nSPS) is 13.6. The standard InChI is InChI=1S/C14H30O4SSi.C11H24O4SSi/c1-6-16-20(17-7-2,18-8-3)11-9-10-19-12-13(4)14(5)15;1-10(11(2)12)9-16-7-6-8-17(13-3,14-4)15-5/h13H,6-12H2,1-5H3;10H,6-9H2,1-5H3. The van der Waals surface area contributed by atoms with Crippen molar-refractivity contribution in [1.29, 1.82) is 0 Å². The van der Waals surface area contributed by atoms with Gasteiger partial charge < -0.3 is 26.6 Å². The molecule has 0 N–H and O–H groups in total. The van der Waals surface area contributed by atoms with Gasteiger partial charge in [-0.05, 0) is 59.0 Å². The lowest BCUT2D eigenvalue weighted by atomic mass is 10.1. The number of carbonyl (C=O) groups is 2. The Balaban J connectivity index is 0. The van der Waals surface area contributed by atoms with Crippen LogP contribution in [0.1, 0.15) is 61.3 Å². The molecule has 222 valence electrons. The third-order valence-corrected chi connectivity index (χ3v) is 14.3. The SMILES string of the molecule is CCO[Si](CCCSCC(C)C(C)=O)(OCC)OCC.CO[Si](CCCSCC(C)C(C)=O)(OC)OC. The van der Waals surface area contributed by atoms with Gasteiger partial charge >= 0.3 is 17.6 Å². The Morgan fingerprint density at radius 2 is 0.973 bits per heavy atom. The Morgan fingerprint density at radius 1 is 0.649 bits per heavy atom. The molecule has 0 saturated heterocycles. The van der Waals surface area contributed by atoms with E-state index in [2.05, 4.69) is 0 Å². The van der Waals surface area contributed by atoms with Crippen LogP contribution in [0.4, 0.5) is 0 Å². The highest BCUT2D eigenvalue weighted by Gasteiger charge is 2.39. The van der Waals surface area contributed by atoms with Crippen LogP contribution >= 0.6 is 23.5 Å². The quantitative estimate of drug-likeness (QED) is 0.109. The number of Topliss-reactive ketones (excluding diaryl/α,β-unsaturated/α-hetero) is 2. The molecular formula is C25H54O8S2Si2. The lowest BCUT2D eigenvalue weighted by Crippen LogP contribution is -2.46. The number of ketones is 2. The molecule has 0 aliphatic rings. The molecule has 0 radical (unpaired) electrons. The molecule has 0 aliphatic carbocycles. The van der Waals surface area contributed by atoms with Crippen molar-refractivity contribution in [3.63, 3.8) is 0 Å². The highest BCUT2D eigenvalue weighted by atomic mass is 32.2. The molecule has 0 amide bonds. The van der Waals surface area contributed by atoms with Crippen molar-refractivity contribution in [2.45, 2.75) is 73.4 Å². The van der Waals surface area contributed by atoms with E-state index in [-0.39, 0.29) is 23.4 Å². The highest BCUT2D eigenvalue weighted by molar-refractivity contribution is 7.99. The van der Waals surface area contributed by atoms with Crippen LogP contribution in [-0.4, -0.2) is 93.3 Å². The molecule has 0 heterocycles. The summed E-state index contributed by atoms with van der Waals surface area (Å²) in [4.78, 5) is 22.2. The Hall–Kier alpha value is 0.234. The average molecular weight is 603 g/mol. The van der Waals surface area contributed by atoms with Crippen LogP contribution in [0.25, 0.3) is 0 Å². The Bertz CT molecular complexity index is 558. The Labute approximate surface area is 237 Å². The maximum absolute atomic E-state index is 11.2. The van der Waals surface area contributed by atoms with E-state index in [4.69, 9.17) is 26.6 Å². The van der Waals surface area contributed by atoms with Gasteiger partial charge in [-0.25, -0.2) is 0 Å². The molecule has 0 aliphatic heterocycles. The molecule has 12 heteroatoms. The second kappa shape index (κ2) is 24.1. The summed E-state index contributed by atoms with van der Waals surface area (Å²) in [6, 6.07) is 1.67. The predicted octanol–water partition coefficient (Wildman–Crippen LogP) is 5.60. The molecule has 0 saturated carbocycles. The average Bonchev–Trinajstić information content (AvgIpc) is 2.87. The van der Waals surface area contributed by atoms with E-state index < -0.39 is 17.6 Å². The van der Waals surface area contributed by atoms with E-state index in [0.29, 0.717) is 19.8 Å². The van der Waals surface area contributed by atoms with Crippen LogP contribution in [-0.2, 0) is 36.1 Å². The van der Waals surface area contributed by atoms with Gasteiger partial charge in [0, 0.05) is 76.6 Å². The Kier molecular flexibility index (Phi) is 25.6.